The molecule has 0 saturated carbocycles. The zero-order valence-electron chi connectivity index (χ0n) is 15.6. The minimum absolute atomic E-state index is 0.176. The number of carbonyl (C=O) groups excluding carboxylic acids is 1. The maximum atomic E-state index is 12.5. The van der Waals surface area contributed by atoms with E-state index in [-0.39, 0.29) is 5.69 Å². The fourth-order valence-electron chi connectivity index (χ4n) is 2.46. The Balaban J connectivity index is 1.70. The second-order valence-corrected chi connectivity index (χ2v) is 6.32. The van der Waals surface area contributed by atoms with Gasteiger partial charge < -0.3 is 20.1 Å². The average molecular weight is 399 g/mol. The molecule has 3 rings (SSSR count). The number of benzene rings is 2. The van der Waals surface area contributed by atoms with Crippen LogP contribution < -0.4 is 20.1 Å². The number of amides is 1. The molecule has 0 bridgehead atoms. The highest BCUT2D eigenvalue weighted by atomic mass is 35.5. The van der Waals surface area contributed by atoms with E-state index in [2.05, 4.69) is 20.8 Å². The summed E-state index contributed by atoms with van der Waals surface area (Å²) in [4.78, 5) is 12.5. The Kier molecular flexibility index (Phi) is 5.96. The van der Waals surface area contributed by atoms with E-state index in [1.54, 1.807) is 31.4 Å². The number of aryl methyl sites for hydroxylation is 1. The number of aromatic nitrogens is 2. The van der Waals surface area contributed by atoms with E-state index in [0.717, 1.165) is 17.0 Å². The van der Waals surface area contributed by atoms with Crippen LogP contribution in [0.3, 0.4) is 0 Å². The van der Waals surface area contributed by atoms with Gasteiger partial charge in [0.1, 0.15) is 11.5 Å². The van der Waals surface area contributed by atoms with Crippen LogP contribution in [0.15, 0.2) is 48.5 Å². The standard InChI is InChI=1S/C20H19ClN4O3/c1-12-10-17(18(28-3)11-15(12)21)23-20(26)16-8-9-19(25-24-16)22-13-4-6-14(27-2)7-5-13/h4-11H,1-3H3,(H,22,25)(H,23,26). The number of hydrogen-bond donors (Lipinski definition) is 2. The Morgan fingerprint density at radius 2 is 1.75 bits per heavy atom. The van der Waals surface area contributed by atoms with Crippen molar-refractivity contribution < 1.29 is 14.3 Å². The van der Waals surface area contributed by atoms with Crippen molar-refractivity contribution >= 4 is 34.7 Å². The van der Waals surface area contributed by atoms with Gasteiger partial charge in [-0.1, -0.05) is 11.6 Å². The molecule has 1 amide bonds. The third-order valence-corrected chi connectivity index (χ3v) is 4.40. The summed E-state index contributed by atoms with van der Waals surface area (Å²) in [6.07, 6.45) is 0. The Labute approximate surface area is 167 Å². The molecule has 7 nitrogen and oxygen atoms in total. The van der Waals surface area contributed by atoms with Crippen molar-refractivity contribution in [3.8, 4) is 11.5 Å². The van der Waals surface area contributed by atoms with E-state index < -0.39 is 5.91 Å². The molecule has 0 saturated heterocycles. The lowest BCUT2D eigenvalue weighted by molar-refractivity contribution is 0.102. The van der Waals surface area contributed by atoms with Gasteiger partial charge in [0.15, 0.2) is 11.5 Å². The topological polar surface area (TPSA) is 85.4 Å². The zero-order valence-corrected chi connectivity index (χ0v) is 16.4. The number of carbonyl (C=O) groups is 1. The van der Waals surface area contributed by atoms with Gasteiger partial charge in [-0.3, -0.25) is 4.79 Å². The fraction of sp³-hybridized carbons (Fsp3) is 0.150. The Morgan fingerprint density at radius 1 is 1.00 bits per heavy atom. The minimum atomic E-state index is -0.400. The average Bonchev–Trinajstić information content (AvgIpc) is 2.71. The van der Waals surface area contributed by atoms with Crippen LogP contribution in [-0.2, 0) is 0 Å². The quantitative estimate of drug-likeness (QED) is 0.638. The van der Waals surface area contributed by atoms with Crippen LogP contribution in [0.5, 0.6) is 11.5 Å². The summed E-state index contributed by atoms with van der Waals surface area (Å²) >= 11 is 6.09. The Hall–Kier alpha value is -3.32. The number of anilines is 3. The van der Waals surface area contributed by atoms with Gasteiger partial charge in [-0.15, -0.1) is 10.2 Å². The first kappa shape index (κ1) is 19.4. The summed E-state index contributed by atoms with van der Waals surface area (Å²) in [5.74, 6) is 1.34. The summed E-state index contributed by atoms with van der Waals surface area (Å²) in [7, 11) is 3.12. The molecule has 2 N–H and O–H groups in total. The first-order valence-electron chi connectivity index (χ1n) is 8.40. The van der Waals surface area contributed by atoms with Gasteiger partial charge in [-0.2, -0.15) is 0 Å². The van der Waals surface area contributed by atoms with Crippen molar-refractivity contribution in [2.45, 2.75) is 6.92 Å². The van der Waals surface area contributed by atoms with Gasteiger partial charge in [0.2, 0.25) is 0 Å². The van der Waals surface area contributed by atoms with E-state index in [1.165, 1.54) is 7.11 Å². The molecule has 0 radical (unpaired) electrons. The smallest absolute Gasteiger partial charge is 0.276 e. The minimum Gasteiger partial charge on any atom is -0.497 e. The molecule has 0 atom stereocenters. The van der Waals surface area contributed by atoms with Crippen LogP contribution in [0.2, 0.25) is 5.02 Å². The number of nitrogens with zero attached hydrogens (tertiary/aromatic N) is 2. The maximum Gasteiger partial charge on any atom is 0.276 e. The van der Waals surface area contributed by atoms with Gasteiger partial charge in [-0.05, 0) is 55.0 Å². The fourth-order valence-corrected chi connectivity index (χ4v) is 2.61. The van der Waals surface area contributed by atoms with Crippen molar-refractivity contribution in [1.82, 2.24) is 10.2 Å². The molecule has 3 aromatic rings. The summed E-state index contributed by atoms with van der Waals surface area (Å²) in [6.45, 7) is 1.84. The van der Waals surface area contributed by atoms with Gasteiger partial charge >= 0.3 is 0 Å². The van der Waals surface area contributed by atoms with Gasteiger partial charge in [0.25, 0.3) is 5.91 Å². The first-order chi connectivity index (χ1) is 13.5. The predicted molar refractivity (Wildman–Crippen MR) is 109 cm³/mol. The maximum absolute atomic E-state index is 12.5. The molecule has 28 heavy (non-hydrogen) atoms. The van der Waals surface area contributed by atoms with Crippen molar-refractivity contribution in [1.29, 1.82) is 0 Å². The van der Waals surface area contributed by atoms with Crippen molar-refractivity contribution in [2.24, 2.45) is 0 Å². The van der Waals surface area contributed by atoms with Crippen LogP contribution in [0.4, 0.5) is 17.2 Å². The highest BCUT2D eigenvalue weighted by Crippen LogP contribution is 2.31. The highest BCUT2D eigenvalue weighted by Gasteiger charge is 2.13. The summed E-state index contributed by atoms with van der Waals surface area (Å²) in [6, 6.07) is 14.0. The lowest BCUT2D eigenvalue weighted by Gasteiger charge is -2.12. The largest absolute Gasteiger partial charge is 0.497 e. The molecule has 0 aliphatic heterocycles. The van der Waals surface area contributed by atoms with E-state index in [1.807, 2.05) is 31.2 Å². The molecule has 0 spiro atoms. The van der Waals surface area contributed by atoms with Gasteiger partial charge in [-0.25, -0.2) is 0 Å². The summed E-state index contributed by atoms with van der Waals surface area (Å²) in [5.41, 5.74) is 2.34. The van der Waals surface area contributed by atoms with Crippen LogP contribution in [-0.4, -0.2) is 30.3 Å². The highest BCUT2D eigenvalue weighted by molar-refractivity contribution is 6.31. The number of methoxy groups -OCH3 is 2. The Morgan fingerprint density at radius 3 is 2.36 bits per heavy atom. The number of nitrogens with one attached hydrogen (secondary N) is 2. The number of halogens is 1. The molecule has 8 heteroatoms. The van der Waals surface area contributed by atoms with Crippen LogP contribution in [0.25, 0.3) is 0 Å². The molecule has 144 valence electrons. The van der Waals surface area contributed by atoms with Crippen LogP contribution in [0, 0.1) is 6.92 Å². The molecule has 1 aromatic heterocycles. The van der Waals surface area contributed by atoms with E-state index >= 15 is 0 Å². The monoisotopic (exact) mass is 398 g/mol. The SMILES string of the molecule is COc1ccc(Nc2ccc(C(=O)Nc3cc(C)c(Cl)cc3OC)nn2)cc1. The molecule has 0 unspecified atom stereocenters. The lowest BCUT2D eigenvalue weighted by Crippen LogP contribution is -2.15. The molecule has 0 aliphatic carbocycles. The second-order valence-electron chi connectivity index (χ2n) is 5.91. The molecule has 0 fully saturated rings. The number of rotatable bonds is 6. The number of ether oxygens (including phenoxy) is 2. The molecular weight excluding hydrogens is 380 g/mol. The van der Waals surface area contributed by atoms with Crippen molar-refractivity contribution in [3.05, 3.63) is 64.8 Å². The van der Waals surface area contributed by atoms with Crippen molar-refractivity contribution in [3.63, 3.8) is 0 Å². The second kappa shape index (κ2) is 8.58. The Bertz CT molecular complexity index is 976. The third-order valence-electron chi connectivity index (χ3n) is 3.99. The van der Waals surface area contributed by atoms with E-state index in [9.17, 15) is 4.79 Å². The van der Waals surface area contributed by atoms with Crippen molar-refractivity contribution in [2.75, 3.05) is 24.9 Å². The van der Waals surface area contributed by atoms with E-state index in [4.69, 9.17) is 21.1 Å². The molecule has 0 aliphatic rings. The lowest BCUT2D eigenvalue weighted by atomic mass is 10.2. The molecule has 2 aromatic carbocycles. The number of hydrogen-bond acceptors (Lipinski definition) is 6. The van der Waals surface area contributed by atoms with Gasteiger partial charge in [0.05, 0.1) is 19.9 Å². The summed E-state index contributed by atoms with van der Waals surface area (Å²) in [5, 5.41) is 14.5. The zero-order chi connectivity index (χ0) is 20.1. The van der Waals surface area contributed by atoms with Crippen LogP contribution in [0.1, 0.15) is 16.1 Å². The predicted octanol–water partition coefficient (Wildman–Crippen LogP) is 4.45. The molecule has 1 heterocycles. The van der Waals surface area contributed by atoms with Crippen LogP contribution >= 0.6 is 11.6 Å². The van der Waals surface area contributed by atoms with E-state index in [0.29, 0.717) is 22.3 Å². The first-order valence-corrected chi connectivity index (χ1v) is 8.78. The third kappa shape index (κ3) is 4.50. The normalized spacial score (nSPS) is 10.3. The van der Waals surface area contributed by atoms with Gasteiger partial charge in [0, 0.05) is 16.8 Å². The molecular formula is C20H19ClN4O3. The summed E-state index contributed by atoms with van der Waals surface area (Å²) < 4.78 is 10.4.